The molecule has 1 N–H and O–H groups in total. The first-order valence-corrected chi connectivity index (χ1v) is 6.86. The van der Waals surface area contributed by atoms with Crippen LogP contribution in [0.2, 0.25) is 5.02 Å². The van der Waals surface area contributed by atoms with Crippen LogP contribution in [0.15, 0.2) is 48.5 Å². The van der Waals surface area contributed by atoms with Crippen molar-refractivity contribution in [2.24, 2.45) is 0 Å². The van der Waals surface area contributed by atoms with Crippen LogP contribution in [-0.2, 0) is 16.1 Å². The average Bonchev–Trinajstić information content (AvgIpc) is 2.52. The molecule has 2 aromatic rings. The van der Waals surface area contributed by atoms with Crippen molar-refractivity contribution in [1.82, 2.24) is 5.32 Å². The largest absolute Gasteiger partial charge is 0.460 e. The number of ether oxygens (including phenoxy) is 1. The van der Waals surface area contributed by atoms with E-state index < -0.39 is 17.7 Å². The molecule has 6 heteroatoms. The quantitative estimate of drug-likeness (QED) is 0.861. The molecule has 0 aliphatic carbocycles. The Balaban J connectivity index is 1.78. The summed E-state index contributed by atoms with van der Waals surface area (Å²) in [6.07, 6.45) is 0. The van der Waals surface area contributed by atoms with E-state index in [-0.39, 0.29) is 18.7 Å². The molecule has 0 fully saturated rings. The molecule has 0 bridgehead atoms. The van der Waals surface area contributed by atoms with E-state index in [4.69, 9.17) is 16.3 Å². The number of rotatable bonds is 5. The maximum atomic E-state index is 13.0. The number of halogens is 2. The summed E-state index contributed by atoms with van der Waals surface area (Å²) in [7, 11) is 0. The van der Waals surface area contributed by atoms with Crippen LogP contribution in [0.25, 0.3) is 0 Å². The Hall–Kier alpha value is -2.40. The maximum Gasteiger partial charge on any atom is 0.325 e. The van der Waals surface area contributed by atoms with E-state index in [9.17, 15) is 14.0 Å². The van der Waals surface area contributed by atoms with Crippen molar-refractivity contribution in [3.8, 4) is 0 Å². The van der Waals surface area contributed by atoms with Crippen LogP contribution in [-0.4, -0.2) is 18.4 Å². The highest BCUT2D eigenvalue weighted by Crippen LogP contribution is 2.10. The van der Waals surface area contributed by atoms with Gasteiger partial charge in [0.05, 0.1) is 0 Å². The fraction of sp³-hybridized carbons (Fsp3) is 0.125. The van der Waals surface area contributed by atoms with Crippen molar-refractivity contribution in [1.29, 1.82) is 0 Å². The zero-order chi connectivity index (χ0) is 15.9. The van der Waals surface area contributed by atoms with Crippen molar-refractivity contribution in [3.63, 3.8) is 0 Å². The Morgan fingerprint density at radius 2 is 1.86 bits per heavy atom. The lowest BCUT2D eigenvalue weighted by Crippen LogP contribution is -2.30. The second kappa shape index (κ2) is 7.56. The van der Waals surface area contributed by atoms with Crippen LogP contribution in [0.4, 0.5) is 4.39 Å². The molecule has 0 aliphatic heterocycles. The van der Waals surface area contributed by atoms with Gasteiger partial charge < -0.3 is 10.1 Å². The highest BCUT2D eigenvalue weighted by molar-refractivity contribution is 6.30. The summed E-state index contributed by atoms with van der Waals surface area (Å²) in [6.45, 7) is -0.200. The molecule has 0 unspecified atom stereocenters. The molecule has 0 atom stereocenters. The Labute approximate surface area is 131 Å². The fourth-order valence-corrected chi connectivity index (χ4v) is 1.81. The highest BCUT2D eigenvalue weighted by atomic mass is 35.5. The SMILES string of the molecule is O=C(CNC(=O)c1cccc(F)c1)OCc1ccc(Cl)cc1. The van der Waals surface area contributed by atoms with Crippen molar-refractivity contribution < 1.29 is 18.7 Å². The molecule has 1 amide bonds. The molecular weight excluding hydrogens is 309 g/mol. The first kappa shape index (κ1) is 16.0. The highest BCUT2D eigenvalue weighted by Gasteiger charge is 2.09. The Morgan fingerprint density at radius 3 is 2.55 bits per heavy atom. The van der Waals surface area contributed by atoms with Crippen LogP contribution in [0.3, 0.4) is 0 Å². The summed E-state index contributed by atoms with van der Waals surface area (Å²) in [5.41, 5.74) is 0.930. The Bertz CT molecular complexity index is 673. The maximum absolute atomic E-state index is 13.0. The molecule has 0 saturated heterocycles. The number of amides is 1. The van der Waals surface area contributed by atoms with Gasteiger partial charge >= 0.3 is 5.97 Å². The van der Waals surface area contributed by atoms with Crippen molar-refractivity contribution in [2.75, 3.05) is 6.54 Å². The smallest absolute Gasteiger partial charge is 0.325 e. The summed E-state index contributed by atoms with van der Waals surface area (Å²) in [6, 6.07) is 12.1. The van der Waals surface area contributed by atoms with Gasteiger partial charge in [0.25, 0.3) is 5.91 Å². The summed E-state index contributed by atoms with van der Waals surface area (Å²) < 4.78 is 18.0. The van der Waals surface area contributed by atoms with Crippen LogP contribution in [0.1, 0.15) is 15.9 Å². The minimum absolute atomic E-state index is 0.0891. The predicted molar refractivity (Wildman–Crippen MR) is 80.0 cm³/mol. The van der Waals surface area contributed by atoms with Gasteiger partial charge in [-0.05, 0) is 35.9 Å². The first-order chi connectivity index (χ1) is 10.5. The van der Waals surface area contributed by atoms with Crippen molar-refractivity contribution in [3.05, 3.63) is 70.5 Å². The fourth-order valence-electron chi connectivity index (χ4n) is 1.68. The van der Waals surface area contributed by atoms with Crippen molar-refractivity contribution >= 4 is 23.5 Å². The van der Waals surface area contributed by atoms with E-state index in [0.29, 0.717) is 5.02 Å². The van der Waals surface area contributed by atoms with E-state index in [1.54, 1.807) is 24.3 Å². The first-order valence-electron chi connectivity index (χ1n) is 6.48. The summed E-state index contributed by atoms with van der Waals surface area (Å²) in [4.78, 5) is 23.3. The molecule has 0 aliphatic rings. The molecule has 2 rings (SSSR count). The molecule has 0 heterocycles. The molecule has 0 saturated carbocycles. The minimum Gasteiger partial charge on any atom is -0.460 e. The van der Waals surface area contributed by atoms with Gasteiger partial charge in [0.2, 0.25) is 0 Å². The molecule has 0 aromatic heterocycles. The van der Waals surface area contributed by atoms with E-state index in [1.165, 1.54) is 18.2 Å². The van der Waals surface area contributed by atoms with Gasteiger partial charge in [0.1, 0.15) is 19.0 Å². The van der Waals surface area contributed by atoms with E-state index >= 15 is 0 Å². The van der Waals surface area contributed by atoms with Gasteiger partial charge in [-0.15, -0.1) is 0 Å². The van der Waals surface area contributed by atoms with Gasteiger partial charge in [-0.2, -0.15) is 0 Å². The predicted octanol–water partition coefficient (Wildman–Crippen LogP) is 2.95. The van der Waals surface area contributed by atoms with E-state index in [1.807, 2.05) is 0 Å². The van der Waals surface area contributed by atoms with Gasteiger partial charge in [0.15, 0.2) is 0 Å². The number of nitrogens with one attached hydrogen (secondary N) is 1. The number of carbonyl (C=O) groups excluding carboxylic acids is 2. The third kappa shape index (κ3) is 4.86. The van der Waals surface area contributed by atoms with Crippen LogP contribution < -0.4 is 5.32 Å². The number of carbonyl (C=O) groups is 2. The van der Waals surface area contributed by atoms with Crippen molar-refractivity contribution in [2.45, 2.75) is 6.61 Å². The molecule has 0 radical (unpaired) electrons. The molecule has 114 valence electrons. The zero-order valence-corrected chi connectivity index (χ0v) is 12.3. The van der Waals surface area contributed by atoms with Gasteiger partial charge in [-0.25, -0.2) is 4.39 Å². The average molecular weight is 322 g/mol. The number of esters is 1. The number of hydrogen-bond acceptors (Lipinski definition) is 3. The Kier molecular flexibility index (Phi) is 5.49. The second-order valence-electron chi connectivity index (χ2n) is 4.48. The lowest BCUT2D eigenvalue weighted by molar-refractivity contribution is -0.143. The van der Waals surface area contributed by atoms with Gasteiger partial charge in [-0.3, -0.25) is 9.59 Å². The Morgan fingerprint density at radius 1 is 1.14 bits per heavy atom. The minimum atomic E-state index is -0.584. The number of hydrogen-bond donors (Lipinski definition) is 1. The van der Waals surface area contributed by atoms with Gasteiger partial charge in [0, 0.05) is 10.6 Å². The zero-order valence-electron chi connectivity index (χ0n) is 11.5. The third-order valence-corrected chi connectivity index (χ3v) is 3.05. The molecule has 4 nitrogen and oxygen atoms in total. The molecular formula is C16H13ClFNO3. The monoisotopic (exact) mass is 321 g/mol. The summed E-state index contributed by atoms with van der Waals surface area (Å²) in [5, 5.41) is 2.96. The second-order valence-corrected chi connectivity index (χ2v) is 4.92. The lowest BCUT2D eigenvalue weighted by atomic mass is 10.2. The third-order valence-electron chi connectivity index (χ3n) is 2.79. The standard InChI is InChI=1S/C16H13ClFNO3/c17-13-6-4-11(5-7-13)10-22-15(20)9-19-16(21)12-2-1-3-14(18)8-12/h1-8H,9-10H2,(H,19,21). The number of benzene rings is 2. The molecule has 22 heavy (non-hydrogen) atoms. The van der Waals surface area contributed by atoms with E-state index in [0.717, 1.165) is 11.6 Å². The lowest BCUT2D eigenvalue weighted by Gasteiger charge is -2.07. The molecule has 2 aromatic carbocycles. The molecule has 0 spiro atoms. The van der Waals surface area contributed by atoms with Crippen LogP contribution >= 0.6 is 11.6 Å². The normalized spacial score (nSPS) is 10.1. The van der Waals surface area contributed by atoms with E-state index in [2.05, 4.69) is 5.32 Å². The topological polar surface area (TPSA) is 55.4 Å². The summed E-state index contributed by atoms with van der Waals surface area (Å²) >= 11 is 5.75. The van der Waals surface area contributed by atoms with Gasteiger partial charge in [-0.1, -0.05) is 29.8 Å². The van der Waals surface area contributed by atoms with Crippen LogP contribution in [0.5, 0.6) is 0 Å². The van der Waals surface area contributed by atoms with Crippen LogP contribution in [0, 0.1) is 5.82 Å². The summed E-state index contributed by atoms with van der Waals surface area (Å²) in [5.74, 6) is -1.64.